The van der Waals surface area contributed by atoms with E-state index in [0.29, 0.717) is 29.8 Å². The van der Waals surface area contributed by atoms with Gasteiger partial charge in [-0.15, -0.1) is 0 Å². The van der Waals surface area contributed by atoms with Gasteiger partial charge >= 0.3 is 0 Å². The number of rotatable bonds is 5. The molecule has 6 nitrogen and oxygen atoms in total. The van der Waals surface area contributed by atoms with Gasteiger partial charge in [0.1, 0.15) is 11.6 Å². The summed E-state index contributed by atoms with van der Waals surface area (Å²) in [7, 11) is 3.23. The summed E-state index contributed by atoms with van der Waals surface area (Å²) in [6, 6.07) is 12.4. The molecule has 1 aliphatic heterocycles. The fourth-order valence-corrected chi connectivity index (χ4v) is 4.30. The van der Waals surface area contributed by atoms with Crippen LogP contribution in [0.1, 0.15) is 35.7 Å². The number of methoxy groups -OCH3 is 2. The zero-order valence-electron chi connectivity index (χ0n) is 17.3. The first kappa shape index (κ1) is 19.5. The number of nitrogens with zero attached hydrogens (tertiary/aromatic N) is 3. The first-order valence-corrected chi connectivity index (χ1v) is 10.0. The van der Waals surface area contributed by atoms with Crippen LogP contribution in [0, 0.1) is 6.92 Å². The minimum Gasteiger partial charge on any atom is -0.493 e. The molecule has 3 aromatic rings. The molecule has 0 saturated carbocycles. The number of fused-ring (bicyclic) bond motifs is 1. The minimum atomic E-state index is 0.471. The van der Waals surface area contributed by atoms with Gasteiger partial charge in [0.25, 0.3) is 0 Å². The van der Waals surface area contributed by atoms with Crippen molar-refractivity contribution in [3.8, 4) is 11.5 Å². The number of piperidine rings is 1. The van der Waals surface area contributed by atoms with Gasteiger partial charge in [-0.05, 0) is 49.4 Å². The number of hydrogen-bond acceptors (Lipinski definition) is 6. The molecular formula is C23H28N4O2. The molecule has 29 heavy (non-hydrogen) atoms. The molecule has 6 heteroatoms. The zero-order valence-corrected chi connectivity index (χ0v) is 17.3. The van der Waals surface area contributed by atoms with Crippen LogP contribution in [0.3, 0.4) is 0 Å². The molecule has 0 spiro atoms. The lowest BCUT2D eigenvalue weighted by Crippen LogP contribution is -2.34. The Bertz CT molecular complexity index is 1020. The number of hydrogen-bond donors (Lipinski definition) is 1. The smallest absolute Gasteiger partial charge is 0.162 e. The molecule has 2 heterocycles. The number of aryl methyl sites for hydroxylation is 1. The van der Waals surface area contributed by atoms with E-state index in [1.54, 1.807) is 14.2 Å². The van der Waals surface area contributed by atoms with Gasteiger partial charge in [0.05, 0.1) is 26.3 Å². The molecule has 152 valence electrons. The molecule has 1 fully saturated rings. The molecule has 2 aromatic carbocycles. The van der Waals surface area contributed by atoms with Crippen molar-refractivity contribution in [2.24, 2.45) is 0 Å². The van der Waals surface area contributed by atoms with Crippen LogP contribution in [0.5, 0.6) is 11.5 Å². The Balaban J connectivity index is 1.58. The monoisotopic (exact) mass is 392 g/mol. The highest BCUT2D eigenvalue weighted by atomic mass is 16.5. The number of nitrogens with two attached hydrogens (primary N) is 1. The summed E-state index contributed by atoms with van der Waals surface area (Å²) in [5.74, 6) is 3.03. The Kier molecular flexibility index (Phi) is 5.53. The third-order valence-electron chi connectivity index (χ3n) is 5.78. The molecule has 1 aliphatic rings. The maximum absolute atomic E-state index is 6.25. The molecule has 2 N–H and O–H groups in total. The van der Waals surface area contributed by atoms with Crippen LogP contribution in [-0.2, 0) is 6.54 Å². The maximum atomic E-state index is 6.25. The first-order chi connectivity index (χ1) is 14.1. The normalized spacial score (nSPS) is 17.4. The van der Waals surface area contributed by atoms with Crippen molar-refractivity contribution in [2.45, 2.75) is 32.2 Å². The van der Waals surface area contributed by atoms with Gasteiger partial charge in [0.15, 0.2) is 11.5 Å². The molecule has 1 atom stereocenters. The summed E-state index contributed by atoms with van der Waals surface area (Å²) in [6.07, 6.45) is 2.39. The molecule has 1 aromatic heterocycles. The van der Waals surface area contributed by atoms with Gasteiger partial charge in [-0.3, -0.25) is 4.90 Å². The number of likely N-dealkylation sites (tertiary alicyclic amines) is 1. The van der Waals surface area contributed by atoms with E-state index in [-0.39, 0.29) is 0 Å². The van der Waals surface area contributed by atoms with E-state index in [4.69, 9.17) is 20.2 Å². The van der Waals surface area contributed by atoms with Crippen LogP contribution in [0.25, 0.3) is 10.9 Å². The molecule has 0 radical (unpaired) electrons. The summed E-state index contributed by atoms with van der Waals surface area (Å²) in [5, 5.41) is 0.780. The number of aromatic nitrogens is 2. The van der Waals surface area contributed by atoms with Crippen molar-refractivity contribution < 1.29 is 9.47 Å². The Labute approximate surface area is 171 Å². The average molecular weight is 393 g/mol. The molecule has 0 aliphatic carbocycles. The quantitative estimate of drug-likeness (QED) is 0.709. The predicted octanol–water partition coefficient (Wildman–Crippen LogP) is 3.92. The molecule has 0 bridgehead atoms. The third-order valence-corrected chi connectivity index (χ3v) is 5.78. The maximum Gasteiger partial charge on any atom is 0.162 e. The van der Waals surface area contributed by atoms with Crippen molar-refractivity contribution in [3.63, 3.8) is 0 Å². The van der Waals surface area contributed by atoms with Crippen LogP contribution in [-0.4, -0.2) is 42.2 Å². The minimum absolute atomic E-state index is 0.471. The lowest BCUT2D eigenvalue weighted by molar-refractivity contribution is 0.196. The van der Waals surface area contributed by atoms with Gasteiger partial charge < -0.3 is 15.2 Å². The number of benzene rings is 2. The van der Waals surface area contributed by atoms with Crippen molar-refractivity contribution >= 4 is 16.7 Å². The van der Waals surface area contributed by atoms with Crippen molar-refractivity contribution in [2.75, 3.05) is 33.0 Å². The van der Waals surface area contributed by atoms with Crippen LogP contribution >= 0.6 is 0 Å². The fraction of sp³-hybridized carbons (Fsp3) is 0.391. The van der Waals surface area contributed by atoms with Gasteiger partial charge in [-0.1, -0.05) is 24.3 Å². The van der Waals surface area contributed by atoms with Crippen molar-refractivity contribution in [1.82, 2.24) is 14.9 Å². The van der Waals surface area contributed by atoms with Crippen LogP contribution in [0.2, 0.25) is 0 Å². The predicted molar refractivity (Wildman–Crippen MR) is 115 cm³/mol. The largest absolute Gasteiger partial charge is 0.493 e. The summed E-state index contributed by atoms with van der Waals surface area (Å²) < 4.78 is 10.8. The number of nitrogen functional groups attached to an aromatic ring is 1. The molecule has 0 unspecified atom stereocenters. The highest BCUT2D eigenvalue weighted by molar-refractivity contribution is 5.90. The van der Waals surface area contributed by atoms with Gasteiger partial charge in [0.2, 0.25) is 0 Å². The van der Waals surface area contributed by atoms with E-state index >= 15 is 0 Å². The molecule has 0 amide bonds. The molecule has 1 saturated heterocycles. The average Bonchev–Trinajstić information content (AvgIpc) is 2.73. The first-order valence-electron chi connectivity index (χ1n) is 10.0. The fourth-order valence-electron chi connectivity index (χ4n) is 4.30. The van der Waals surface area contributed by atoms with Crippen molar-refractivity contribution in [1.29, 1.82) is 0 Å². The van der Waals surface area contributed by atoms with E-state index in [1.807, 2.05) is 12.1 Å². The van der Waals surface area contributed by atoms with Gasteiger partial charge in [-0.25, -0.2) is 9.97 Å². The van der Waals surface area contributed by atoms with Crippen LogP contribution < -0.4 is 15.2 Å². The topological polar surface area (TPSA) is 73.5 Å². The Hall–Kier alpha value is -2.86. The molecular weight excluding hydrogens is 364 g/mol. The van der Waals surface area contributed by atoms with Crippen molar-refractivity contribution in [3.05, 3.63) is 53.3 Å². The standard InChI is InChI=1S/C23H28N4O2/c1-15-7-4-5-9-17(15)16-8-6-10-27(13-16)14-22-25-19-12-21(29-3)20(28-2)11-18(19)23(24)26-22/h4-5,7,9,11-12,16H,6,8,10,13-14H2,1-3H3,(H2,24,25,26)/t16-/m0/s1. The second-order valence-electron chi connectivity index (χ2n) is 7.68. The van der Waals surface area contributed by atoms with E-state index in [9.17, 15) is 0 Å². The summed E-state index contributed by atoms with van der Waals surface area (Å²) in [5.41, 5.74) is 9.84. The third kappa shape index (κ3) is 3.98. The van der Waals surface area contributed by atoms with Gasteiger partial charge in [0, 0.05) is 18.0 Å². The van der Waals surface area contributed by atoms with Crippen LogP contribution in [0.15, 0.2) is 36.4 Å². The highest BCUT2D eigenvalue weighted by Crippen LogP contribution is 2.34. The lowest BCUT2D eigenvalue weighted by Gasteiger charge is -2.33. The summed E-state index contributed by atoms with van der Waals surface area (Å²) in [4.78, 5) is 11.8. The lowest BCUT2D eigenvalue weighted by atomic mass is 9.88. The van der Waals surface area contributed by atoms with Gasteiger partial charge in [-0.2, -0.15) is 0 Å². The van der Waals surface area contributed by atoms with E-state index in [0.717, 1.165) is 29.8 Å². The van der Waals surface area contributed by atoms with E-state index in [2.05, 4.69) is 41.1 Å². The second kappa shape index (κ2) is 8.25. The number of anilines is 1. The number of ether oxygens (including phenoxy) is 2. The zero-order chi connectivity index (χ0) is 20.4. The van der Waals surface area contributed by atoms with E-state index < -0.39 is 0 Å². The highest BCUT2D eigenvalue weighted by Gasteiger charge is 2.23. The molecule has 4 rings (SSSR count). The summed E-state index contributed by atoms with van der Waals surface area (Å²) >= 11 is 0. The van der Waals surface area contributed by atoms with Crippen LogP contribution in [0.4, 0.5) is 5.82 Å². The summed E-state index contributed by atoms with van der Waals surface area (Å²) in [6.45, 7) is 4.95. The Morgan fingerprint density at radius 2 is 1.86 bits per heavy atom. The SMILES string of the molecule is COc1cc2nc(CN3CCC[C@H](c4ccccc4C)C3)nc(N)c2cc1OC. The van der Waals surface area contributed by atoms with E-state index in [1.165, 1.54) is 24.0 Å². The Morgan fingerprint density at radius 3 is 2.62 bits per heavy atom. The Morgan fingerprint density at radius 1 is 1.10 bits per heavy atom. The second-order valence-corrected chi connectivity index (χ2v) is 7.68.